The van der Waals surface area contributed by atoms with Crippen molar-refractivity contribution >= 4 is 139 Å². The van der Waals surface area contributed by atoms with Gasteiger partial charge in [-0.1, -0.05) is 51.4 Å². The highest BCUT2D eigenvalue weighted by Crippen LogP contribution is 2.39. The highest BCUT2D eigenvalue weighted by Gasteiger charge is 2.32. The SMILES string of the molecule is Cc1cc(N)sn1.Cc1cc(Nc2cc(N[C@H](CC3CC3)C(N)=O)c(F)cc2C#N)sn1.Cc1cc(Nc2cc(N[C@H](CC3CC3)C(N)=O)c(F)cc2C(N)=O)sn1.N#Cc1cc(F)c(F)cc1Br.N#Cc1cc(F)c(N[C@H](CC2CC2)C(N)=O)cc1Br.NC(=O)[C@H](N)CC1CC1.OO. The van der Waals surface area contributed by atoms with Crippen molar-refractivity contribution in [3.8, 4) is 18.2 Å². The highest BCUT2D eigenvalue weighted by molar-refractivity contribution is 9.10. The second-order valence-corrected chi connectivity index (χ2v) is 27.5. The van der Waals surface area contributed by atoms with Crippen LogP contribution in [0.3, 0.4) is 0 Å². The van der Waals surface area contributed by atoms with Crippen LogP contribution >= 0.6 is 66.5 Å². The Hall–Kier alpha value is -9.12. The molecule has 0 bridgehead atoms. The standard InChI is InChI=1S/C17H20FN5O2S.C17H18FN5OS.C13H13BrFN3O.C7H2BrF2N.C6H12N2O.C4H6N2S.H2O2/c1-8-4-15(26-23-8)22-12-7-13(11(18)6-10(12)16(19)24)21-14(17(20)25)5-9-2-3-9;1-9-4-16(25-23-9)22-13-7-14(12(18)6-11(13)8-19)21-15(17(20)24)5-10-2-3-10;14-9-5-11(10(15)4-8(9)6-16)18-12(13(17)19)3-7-1-2-7;8-5-2-7(10)6(9)1-4(5)3-11;7-5(6(8)9)3-4-1-2-4;1-3-2-4(5)7-6-3;1-2/h4,6-7,9,14,21-22H,2-3,5H2,1H3,(H2,19,24)(H2,20,25);4,6-7,10,15,21-22H,2-3,5H2,1H3,(H2,20,24);4-5,7,12,18H,1-3H2,(H2,17,19);1-2H;4-5H,1-3,7H2,(H2,8,9);2H,5H2,1H3;1-2H/t14-;15-;12-;;5-;;/m111.1../s1. The third-order valence-electron chi connectivity index (χ3n) is 14.8. The minimum absolute atomic E-state index is 0.0110. The number of benzene rings is 4. The summed E-state index contributed by atoms with van der Waals surface area (Å²) in [7, 11) is 0. The van der Waals surface area contributed by atoms with Crippen LogP contribution in [-0.2, 0) is 19.2 Å². The van der Waals surface area contributed by atoms with Gasteiger partial charge >= 0.3 is 0 Å². The van der Waals surface area contributed by atoms with E-state index in [2.05, 4.69) is 71.6 Å². The Balaban J connectivity index is 0.000000225. The first kappa shape index (κ1) is 80.6. The normalized spacial score (nSPS) is 14.2. The number of aromatic nitrogens is 3. The number of primary amides is 5. The van der Waals surface area contributed by atoms with Gasteiger partial charge < -0.3 is 66.7 Å². The number of aryl methyl sites for hydroxylation is 3. The van der Waals surface area contributed by atoms with E-state index in [1.807, 2.05) is 45.0 Å². The van der Waals surface area contributed by atoms with E-state index < -0.39 is 76.9 Å². The number of nitrogens with zero attached hydrogens (tertiary/aromatic N) is 6. The summed E-state index contributed by atoms with van der Waals surface area (Å²) >= 11 is 9.89. The lowest BCUT2D eigenvalue weighted by atomic mass is 10.1. The van der Waals surface area contributed by atoms with Crippen LogP contribution in [0, 0.1) is 108 Å². The fourth-order valence-corrected chi connectivity index (χ4v) is 11.6. The van der Waals surface area contributed by atoms with Gasteiger partial charge in [0.1, 0.15) is 68.8 Å². The van der Waals surface area contributed by atoms with E-state index in [4.69, 9.17) is 61.2 Å². The summed E-state index contributed by atoms with van der Waals surface area (Å²) < 4.78 is 80.4. The Bertz CT molecular complexity index is 4080. The van der Waals surface area contributed by atoms with Crippen molar-refractivity contribution in [1.82, 2.24) is 13.1 Å². The minimum atomic E-state index is -1.01. The Morgan fingerprint density at radius 2 is 0.828 bits per heavy atom. The van der Waals surface area contributed by atoms with Crippen LogP contribution in [0.4, 0.5) is 65.4 Å². The lowest BCUT2D eigenvalue weighted by Crippen LogP contribution is -2.36. The molecule has 528 valence electrons. The summed E-state index contributed by atoms with van der Waals surface area (Å²) in [5.41, 5.74) is 41.6. The van der Waals surface area contributed by atoms with E-state index in [-0.39, 0.29) is 49.7 Å². The molecular formula is C64H73Br2F5N18O7S3. The predicted octanol–water partition coefficient (Wildman–Crippen LogP) is 11.5. The van der Waals surface area contributed by atoms with Gasteiger partial charge in [-0.25, -0.2) is 22.0 Å². The molecule has 4 fully saturated rings. The number of rotatable bonds is 23. The van der Waals surface area contributed by atoms with Crippen LogP contribution in [0.2, 0.25) is 0 Å². The molecule has 99 heavy (non-hydrogen) atoms. The molecule has 0 spiro atoms. The van der Waals surface area contributed by atoms with Gasteiger partial charge in [0.25, 0.3) is 5.91 Å². The number of nitrogens with two attached hydrogens (primary N) is 7. The maximum absolute atomic E-state index is 14.5. The number of nitrogens with one attached hydrogen (secondary N) is 5. The molecule has 21 N–H and O–H groups in total. The van der Waals surface area contributed by atoms with Gasteiger partial charge in [0.2, 0.25) is 23.6 Å². The Labute approximate surface area is 595 Å². The number of hydrogen-bond acceptors (Lipinski definition) is 23. The molecule has 3 aromatic heterocycles. The van der Waals surface area contributed by atoms with E-state index in [1.54, 1.807) is 12.1 Å². The molecule has 0 saturated heterocycles. The molecule has 35 heteroatoms. The topological polar surface area (TPSA) is 478 Å². The van der Waals surface area contributed by atoms with Crippen molar-refractivity contribution in [2.45, 2.75) is 122 Å². The monoisotopic (exact) mass is 1550 g/mol. The second kappa shape index (κ2) is 38.9. The van der Waals surface area contributed by atoms with E-state index in [9.17, 15) is 51.2 Å². The van der Waals surface area contributed by atoms with Crippen LogP contribution in [0.15, 0.2) is 75.7 Å². The fraction of sp³-hybridized carbons (Fsp3) is 0.359. The molecule has 7 aromatic rings. The van der Waals surface area contributed by atoms with Crippen molar-refractivity contribution < 1.29 is 56.4 Å². The third kappa shape index (κ3) is 27.6. The van der Waals surface area contributed by atoms with Gasteiger partial charge in [-0.3, -0.25) is 34.5 Å². The van der Waals surface area contributed by atoms with Crippen molar-refractivity contribution in [1.29, 1.82) is 15.8 Å². The summed E-state index contributed by atoms with van der Waals surface area (Å²) in [5.74, 6) is -4.40. The molecule has 5 amide bonds. The van der Waals surface area contributed by atoms with Crippen LogP contribution in [0.5, 0.6) is 0 Å². The van der Waals surface area contributed by atoms with Crippen molar-refractivity contribution in [3.05, 3.63) is 144 Å². The summed E-state index contributed by atoms with van der Waals surface area (Å²) in [4.78, 5) is 56.7. The van der Waals surface area contributed by atoms with Crippen molar-refractivity contribution in [2.75, 3.05) is 32.3 Å². The summed E-state index contributed by atoms with van der Waals surface area (Å²) in [5, 5.41) is 55.3. The zero-order valence-corrected chi connectivity index (χ0v) is 59.1. The van der Waals surface area contributed by atoms with Crippen LogP contribution < -0.4 is 66.7 Å². The molecule has 0 aliphatic heterocycles. The number of halogens is 7. The Morgan fingerprint density at radius 3 is 1.17 bits per heavy atom. The Kier molecular flexibility index (Phi) is 31.6. The Morgan fingerprint density at radius 1 is 0.485 bits per heavy atom. The molecule has 4 aliphatic rings. The zero-order chi connectivity index (χ0) is 73.4. The predicted molar refractivity (Wildman–Crippen MR) is 377 cm³/mol. The largest absolute Gasteiger partial charge is 0.389 e. The number of nitriles is 3. The molecule has 4 saturated carbocycles. The lowest BCUT2D eigenvalue weighted by molar-refractivity contribution is -0.176. The zero-order valence-electron chi connectivity index (χ0n) is 53.5. The van der Waals surface area contributed by atoms with E-state index in [0.29, 0.717) is 63.8 Å². The number of hydrogen-bond donors (Lipinski definition) is 14. The van der Waals surface area contributed by atoms with Crippen molar-refractivity contribution in [3.63, 3.8) is 0 Å². The molecular weight excluding hydrogens is 1480 g/mol. The molecule has 11 rings (SSSR count). The van der Waals surface area contributed by atoms with E-state index in [0.717, 1.165) is 102 Å². The molecule has 3 heterocycles. The van der Waals surface area contributed by atoms with Gasteiger partial charge in [-0.15, -0.1) is 0 Å². The first-order valence-electron chi connectivity index (χ1n) is 30.3. The van der Waals surface area contributed by atoms with Gasteiger partial charge in [-0.05, 0) is 203 Å². The smallest absolute Gasteiger partial charge is 0.250 e. The molecule has 0 unspecified atom stereocenters. The van der Waals surface area contributed by atoms with Crippen LogP contribution in [0.1, 0.15) is 121 Å². The number of amides is 5. The number of carbonyl (C=O) groups excluding carboxylic acids is 5. The average Bonchev–Trinajstić information content (AvgIpc) is 0.977. The maximum atomic E-state index is 14.5. The van der Waals surface area contributed by atoms with Gasteiger partial charge in [0, 0.05) is 8.95 Å². The molecule has 0 radical (unpaired) electrons. The molecule has 4 aromatic carbocycles. The molecule has 25 nitrogen and oxygen atoms in total. The average molecular weight is 1560 g/mol. The summed E-state index contributed by atoms with van der Waals surface area (Å²) in [6.07, 6.45) is 11.4. The quantitative estimate of drug-likeness (QED) is 0.0122. The number of nitrogen functional groups attached to an aromatic ring is 1. The number of anilines is 8. The number of carbonyl (C=O) groups is 5. The van der Waals surface area contributed by atoms with E-state index in [1.165, 1.54) is 65.6 Å². The fourth-order valence-electron chi connectivity index (χ4n) is 8.91. The van der Waals surface area contributed by atoms with Gasteiger partial charge in [0.05, 0.1) is 73.8 Å². The highest BCUT2D eigenvalue weighted by atomic mass is 79.9. The van der Waals surface area contributed by atoms with Gasteiger partial charge in [0.15, 0.2) is 11.6 Å². The van der Waals surface area contributed by atoms with Crippen LogP contribution in [-0.4, -0.2) is 77.3 Å². The van der Waals surface area contributed by atoms with E-state index >= 15 is 0 Å². The van der Waals surface area contributed by atoms with Crippen molar-refractivity contribution in [2.24, 2.45) is 58.1 Å². The first-order valence-corrected chi connectivity index (χ1v) is 34.2. The summed E-state index contributed by atoms with van der Waals surface area (Å²) in [6.45, 7) is 5.62. The second-order valence-electron chi connectivity index (χ2n) is 23.3. The van der Waals surface area contributed by atoms with Crippen LogP contribution in [0.25, 0.3) is 0 Å². The van der Waals surface area contributed by atoms with Gasteiger partial charge in [-0.2, -0.15) is 28.9 Å². The molecule has 4 aliphatic carbocycles. The minimum Gasteiger partial charge on any atom is -0.389 e. The lowest BCUT2D eigenvalue weighted by Gasteiger charge is -2.19. The summed E-state index contributed by atoms with van der Waals surface area (Å²) in [6, 6.07) is 18.2. The first-order chi connectivity index (χ1) is 46.9. The molecule has 4 atom stereocenters. The third-order valence-corrected chi connectivity index (χ3v) is 18.4. The maximum Gasteiger partial charge on any atom is 0.250 e.